The van der Waals surface area contributed by atoms with Gasteiger partial charge in [-0.3, -0.25) is 0 Å². The van der Waals surface area contributed by atoms with Crippen LogP contribution < -0.4 is 0 Å². The molecular formula is C23H22O6. The molecule has 150 valence electrons. The maximum absolute atomic E-state index is 12.8. The predicted molar refractivity (Wildman–Crippen MR) is 104 cm³/mol. The highest BCUT2D eigenvalue weighted by Crippen LogP contribution is 2.38. The summed E-state index contributed by atoms with van der Waals surface area (Å²) in [5, 5.41) is 0. The standard InChI is InChI=1S/C23H22O6/c1-12-4-6-15(7-5-12)22(25)29-18-9-13(2)8-17-10-16(23(26)27-17)11-19-20(18)14(3)21(24)28-19/h4-7,9-10,17-20H,3,8,11H2,1-2H3/b13-9+/t17-,18-,19+,20+/m1/s1. The van der Waals surface area contributed by atoms with Gasteiger partial charge in [-0.15, -0.1) is 0 Å². The third-order valence-electron chi connectivity index (χ3n) is 5.51. The van der Waals surface area contributed by atoms with E-state index in [9.17, 15) is 14.4 Å². The van der Waals surface area contributed by atoms with Gasteiger partial charge in [-0.2, -0.15) is 0 Å². The molecule has 0 unspecified atom stereocenters. The fourth-order valence-electron chi connectivity index (χ4n) is 3.99. The van der Waals surface area contributed by atoms with Gasteiger partial charge in [0.15, 0.2) is 0 Å². The summed E-state index contributed by atoms with van der Waals surface area (Å²) in [5.41, 5.74) is 3.06. The summed E-state index contributed by atoms with van der Waals surface area (Å²) >= 11 is 0. The third kappa shape index (κ3) is 3.75. The molecule has 0 N–H and O–H groups in total. The van der Waals surface area contributed by atoms with Crippen molar-refractivity contribution >= 4 is 17.9 Å². The Labute approximate surface area is 168 Å². The van der Waals surface area contributed by atoms with E-state index < -0.39 is 36.0 Å². The van der Waals surface area contributed by atoms with Crippen molar-refractivity contribution in [1.29, 1.82) is 0 Å². The normalized spacial score (nSPS) is 30.5. The monoisotopic (exact) mass is 394 g/mol. The van der Waals surface area contributed by atoms with Gasteiger partial charge in [-0.1, -0.05) is 29.8 Å². The average Bonchev–Trinajstić information content (AvgIpc) is 3.13. The molecule has 3 aliphatic rings. The van der Waals surface area contributed by atoms with Gasteiger partial charge >= 0.3 is 17.9 Å². The van der Waals surface area contributed by atoms with Gasteiger partial charge in [0, 0.05) is 24.0 Å². The van der Waals surface area contributed by atoms with Crippen molar-refractivity contribution in [3.63, 3.8) is 0 Å². The second kappa shape index (κ2) is 7.35. The first-order chi connectivity index (χ1) is 13.8. The zero-order valence-corrected chi connectivity index (χ0v) is 16.3. The van der Waals surface area contributed by atoms with Crippen LogP contribution >= 0.6 is 0 Å². The maximum atomic E-state index is 12.8. The molecule has 6 heteroatoms. The summed E-state index contributed by atoms with van der Waals surface area (Å²) in [7, 11) is 0. The van der Waals surface area contributed by atoms with Gasteiger partial charge in [0.25, 0.3) is 0 Å². The van der Waals surface area contributed by atoms with E-state index in [-0.39, 0.29) is 18.1 Å². The van der Waals surface area contributed by atoms with Crippen molar-refractivity contribution in [2.24, 2.45) is 5.92 Å². The fraction of sp³-hybridized carbons (Fsp3) is 0.348. The molecular weight excluding hydrogens is 372 g/mol. The SMILES string of the molecule is C=C1C(=O)O[C@H]2CC3=C[C@@H](C/C(C)=C/[C@@H](OC(=O)c4ccc(C)cc4)[C@H]12)OC3=O. The Morgan fingerprint density at radius 1 is 1.03 bits per heavy atom. The van der Waals surface area contributed by atoms with E-state index in [0.717, 1.165) is 11.1 Å². The summed E-state index contributed by atoms with van der Waals surface area (Å²) in [6.45, 7) is 7.68. The number of benzene rings is 1. The third-order valence-corrected chi connectivity index (χ3v) is 5.51. The zero-order valence-electron chi connectivity index (χ0n) is 16.3. The van der Waals surface area contributed by atoms with Crippen LogP contribution in [-0.4, -0.2) is 36.2 Å². The van der Waals surface area contributed by atoms with Gasteiger partial charge in [0.2, 0.25) is 0 Å². The minimum Gasteiger partial charge on any atom is -0.458 e. The van der Waals surface area contributed by atoms with E-state index in [1.807, 2.05) is 32.1 Å². The topological polar surface area (TPSA) is 78.9 Å². The second-order valence-electron chi connectivity index (χ2n) is 7.79. The van der Waals surface area contributed by atoms with Gasteiger partial charge < -0.3 is 14.2 Å². The number of hydrogen-bond donors (Lipinski definition) is 0. The summed E-state index contributed by atoms with van der Waals surface area (Å²) < 4.78 is 16.7. The molecule has 0 radical (unpaired) electrons. The van der Waals surface area contributed by atoms with Gasteiger partial charge in [0.1, 0.15) is 18.3 Å². The van der Waals surface area contributed by atoms with Crippen LogP contribution in [0.5, 0.6) is 0 Å². The number of rotatable bonds is 2. The molecule has 29 heavy (non-hydrogen) atoms. The number of fused-ring (bicyclic) bond motifs is 2. The lowest BCUT2D eigenvalue weighted by Gasteiger charge is -2.26. The summed E-state index contributed by atoms with van der Waals surface area (Å²) in [4.78, 5) is 37.1. The van der Waals surface area contributed by atoms with Crippen molar-refractivity contribution < 1.29 is 28.6 Å². The Balaban J connectivity index is 1.67. The van der Waals surface area contributed by atoms with Crippen LogP contribution in [0.25, 0.3) is 0 Å². The number of esters is 3. The highest BCUT2D eigenvalue weighted by Gasteiger charge is 2.46. The first-order valence-corrected chi connectivity index (χ1v) is 9.58. The molecule has 2 heterocycles. The summed E-state index contributed by atoms with van der Waals surface area (Å²) in [5.74, 6) is -2.00. The van der Waals surface area contributed by atoms with Crippen LogP contribution in [0.1, 0.15) is 35.7 Å². The number of ether oxygens (including phenoxy) is 3. The molecule has 1 saturated heterocycles. The van der Waals surface area contributed by atoms with E-state index in [1.54, 1.807) is 18.2 Å². The Hall–Kier alpha value is -3.15. The Morgan fingerprint density at radius 3 is 2.48 bits per heavy atom. The molecule has 2 aliphatic heterocycles. The molecule has 4 atom stereocenters. The average molecular weight is 394 g/mol. The van der Waals surface area contributed by atoms with Crippen molar-refractivity contribution in [1.82, 2.24) is 0 Å². The quantitative estimate of drug-likeness (QED) is 0.332. The molecule has 1 aliphatic carbocycles. The number of hydrogen-bond acceptors (Lipinski definition) is 6. The second-order valence-corrected chi connectivity index (χ2v) is 7.79. The van der Waals surface area contributed by atoms with E-state index in [4.69, 9.17) is 14.2 Å². The molecule has 1 aromatic rings. The first-order valence-electron chi connectivity index (χ1n) is 9.58. The molecule has 1 aromatic carbocycles. The minimum absolute atomic E-state index is 0.205. The molecule has 0 saturated carbocycles. The van der Waals surface area contributed by atoms with Crippen molar-refractivity contribution in [2.45, 2.75) is 45.0 Å². The fourth-order valence-corrected chi connectivity index (χ4v) is 3.99. The molecule has 2 bridgehead atoms. The van der Waals surface area contributed by atoms with E-state index in [0.29, 0.717) is 17.6 Å². The van der Waals surface area contributed by atoms with Crippen LogP contribution in [-0.2, 0) is 23.8 Å². The van der Waals surface area contributed by atoms with Gasteiger partial charge in [0.05, 0.1) is 11.5 Å². The largest absolute Gasteiger partial charge is 0.458 e. The summed E-state index contributed by atoms with van der Waals surface area (Å²) in [6.07, 6.45) is 2.54. The van der Waals surface area contributed by atoms with Crippen molar-refractivity contribution in [2.75, 3.05) is 0 Å². The lowest BCUT2D eigenvalue weighted by atomic mass is 9.85. The highest BCUT2D eigenvalue weighted by molar-refractivity contribution is 5.94. The van der Waals surface area contributed by atoms with Crippen LogP contribution in [0.3, 0.4) is 0 Å². The Bertz CT molecular complexity index is 952. The van der Waals surface area contributed by atoms with Crippen LogP contribution in [0, 0.1) is 12.8 Å². The Kier molecular flexibility index (Phi) is 4.86. The minimum atomic E-state index is -0.735. The van der Waals surface area contributed by atoms with E-state index >= 15 is 0 Å². The van der Waals surface area contributed by atoms with Gasteiger partial charge in [-0.25, -0.2) is 14.4 Å². The lowest BCUT2D eigenvalue weighted by molar-refractivity contribution is -0.142. The maximum Gasteiger partial charge on any atom is 0.338 e. The van der Waals surface area contributed by atoms with Crippen LogP contribution in [0.2, 0.25) is 0 Å². The van der Waals surface area contributed by atoms with E-state index in [2.05, 4.69) is 6.58 Å². The van der Waals surface area contributed by atoms with Crippen LogP contribution in [0.4, 0.5) is 0 Å². The lowest BCUT2D eigenvalue weighted by Crippen LogP contribution is -2.33. The highest BCUT2D eigenvalue weighted by atomic mass is 16.6. The van der Waals surface area contributed by atoms with Crippen molar-refractivity contribution in [3.8, 4) is 0 Å². The van der Waals surface area contributed by atoms with Gasteiger partial charge in [-0.05, 0) is 38.1 Å². The molecule has 0 spiro atoms. The number of carbonyl (C=O) groups excluding carboxylic acids is 3. The smallest absolute Gasteiger partial charge is 0.338 e. The summed E-state index contributed by atoms with van der Waals surface area (Å²) in [6, 6.07) is 7.08. The zero-order chi connectivity index (χ0) is 20.7. The number of aryl methyl sites for hydroxylation is 1. The first kappa shape index (κ1) is 19.2. The van der Waals surface area contributed by atoms with Crippen molar-refractivity contribution in [3.05, 3.63) is 70.8 Å². The molecule has 0 aromatic heterocycles. The Morgan fingerprint density at radius 2 is 1.76 bits per heavy atom. The molecule has 0 amide bonds. The van der Waals surface area contributed by atoms with E-state index in [1.165, 1.54) is 0 Å². The predicted octanol–water partition coefficient (Wildman–Crippen LogP) is 3.21. The molecule has 1 fully saturated rings. The molecule has 6 nitrogen and oxygen atoms in total. The number of carbonyl (C=O) groups is 3. The van der Waals surface area contributed by atoms with Crippen LogP contribution in [0.15, 0.2) is 59.7 Å². The molecule has 4 rings (SSSR count).